The molecule has 0 saturated carbocycles. The molecule has 0 aliphatic carbocycles. The average molecular weight is 281 g/mol. The van der Waals surface area contributed by atoms with Gasteiger partial charge in [-0.3, -0.25) is 0 Å². The van der Waals surface area contributed by atoms with Gasteiger partial charge in [0.15, 0.2) is 0 Å². The van der Waals surface area contributed by atoms with Gasteiger partial charge in [-0.25, -0.2) is 25.9 Å². The smallest absolute Gasteiger partial charge is 0.229 e. The molecule has 0 fully saturated rings. The third-order valence-electron chi connectivity index (χ3n) is 1.89. The van der Waals surface area contributed by atoms with Crippen LogP contribution in [0.2, 0.25) is 0 Å². The first-order chi connectivity index (χ1) is 7.72. The number of hydrogen-bond acceptors (Lipinski definition) is 4. The summed E-state index contributed by atoms with van der Waals surface area (Å²) in [5.74, 6) is -1.21. The number of hydrogen-bond donors (Lipinski definition) is 1. The first-order valence-electron chi connectivity index (χ1n) is 4.64. The van der Waals surface area contributed by atoms with E-state index in [1.165, 1.54) is 12.1 Å². The van der Waals surface area contributed by atoms with E-state index in [1.807, 2.05) is 4.72 Å². The summed E-state index contributed by atoms with van der Waals surface area (Å²) >= 11 is 0. The van der Waals surface area contributed by atoms with Crippen LogP contribution in [0.5, 0.6) is 0 Å². The minimum absolute atomic E-state index is 0.282. The SMILES string of the molecule is CS(=O)(=O)CCNS(=O)(=O)c1ccccc1F. The third-order valence-corrected chi connectivity index (χ3v) is 4.33. The van der Waals surface area contributed by atoms with Gasteiger partial charge in [0.25, 0.3) is 0 Å². The summed E-state index contributed by atoms with van der Waals surface area (Å²) in [6.07, 6.45) is 0.990. The van der Waals surface area contributed by atoms with E-state index in [-0.39, 0.29) is 12.3 Å². The number of sulfone groups is 1. The van der Waals surface area contributed by atoms with E-state index in [4.69, 9.17) is 0 Å². The number of halogens is 1. The molecule has 96 valence electrons. The van der Waals surface area contributed by atoms with Crippen molar-refractivity contribution in [1.29, 1.82) is 0 Å². The van der Waals surface area contributed by atoms with Gasteiger partial charge in [-0.15, -0.1) is 0 Å². The first kappa shape index (κ1) is 14.1. The molecular formula is C9H12FNO4S2. The third kappa shape index (κ3) is 4.41. The molecule has 0 atom stereocenters. The van der Waals surface area contributed by atoms with Crippen LogP contribution >= 0.6 is 0 Å². The van der Waals surface area contributed by atoms with Crippen LogP contribution in [0.4, 0.5) is 4.39 Å². The van der Waals surface area contributed by atoms with Gasteiger partial charge in [0.2, 0.25) is 10.0 Å². The molecule has 1 N–H and O–H groups in total. The van der Waals surface area contributed by atoms with Gasteiger partial charge >= 0.3 is 0 Å². The van der Waals surface area contributed by atoms with E-state index in [1.54, 1.807) is 0 Å². The monoisotopic (exact) mass is 281 g/mol. The predicted octanol–water partition coefficient (Wildman–Crippen LogP) is 0.149. The molecule has 0 spiro atoms. The van der Waals surface area contributed by atoms with E-state index in [2.05, 4.69) is 0 Å². The van der Waals surface area contributed by atoms with Gasteiger partial charge in [-0.1, -0.05) is 12.1 Å². The molecule has 0 unspecified atom stereocenters. The van der Waals surface area contributed by atoms with E-state index >= 15 is 0 Å². The molecule has 0 amide bonds. The topological polar surface area (TPSA) is 80.3 Å². The van der Waals surface area contributed by atoms with Gasteiger partial charge in [0.05, 0.1) is 5.75 Å². The van der Waals surface area contributed by atoms with Crippen LogP contribution in [-0.4, -0.2) is 35.4 Å². The summed E-state index contributed by atoms with van der Waals surface area (Å²) in [5, 5.41) is 0. The normalized spacial score (nSPS) is 12.6. The molecule has 0 bridgehead atoms. The summed E-state index contributed by atoms with van der Waals surface area (Å²) in [5.41, 5.74) is 0. The Morgan fingerprint density at radius 2 is 1.76 bits per heavy atom. The Labute approximate surface area is 99.6 Å². The van der Waals surface area contributed by atoms with Crippen LogP contribution in [0.15, 0.2) is 29.2 Å². The Balaban J connectivity index is 2.81. The van der Waals surface area contributed by atoms with Crippen molar-refractivity contribution in [3.05, 3.63) is 30.1 Å². The van der Waals surface area contributed by atoms with Crippen LogP contribution < -0.4 is 4.72 Å². The highest BCUT2D eigenvalue weighted by Crippen LogP contribution is 2.12. The molecule has 0 radical (unpaired) electrons. The van der Waals surface area contributed by atoms with Crippen LogP contribution in [-0.2, 0) is 19.9 Å². The number of nitrogens with one attached hydrogen (secondary N) is 1. The minimum atomic E-state index is -4.00. The Bertz CT molecular complexity index is 595. The number of rotatable bonds is 5. The van der Waals surface area contributed by atoms with Crippen molar-refractivity contribution in [3.63, 3.8) is 0 Å². The van der Waals surface area contributed by atoms with Crippen LogP contribution in [0.25, 0.3) is 0 Å². The van der Waals surface area contributed by atoms with Crippen molar-refractivity contribution in [1.82, 2.24) is 4.72 Å². The first-order valence-corrected chi connectivity index (χ1v) is 8.19. The Morgan fingerprint density at radius 1 is 1.18 bits per heavy atom. The van der Waals surface area contributed by atoms with E-state index in [9.17, 15) is 21.2 Å². The second-order valence-corrected chi connectivity index (χ2v) is 7.45. The molecule has 0 heterocycles. The molecule has 0 aliphatic heterocycles. The fourth-order valence-corrected chi connectivity index (χ4v) is 2.81. The molecule has 0 aliphatic rings. The molecular weight excluding hydrogens is 269 g/mol. The molecule has 1 rings (SSSR count). The molecule has 17 heavy (non-hydrogen) atoms. The molecule has 1 aromatic carbocycles. The average Bonchev–Trinajstić information content (AvgIpc) is 2.15. The predicted molar refractivity (Wildman–Crippen MR) is 61.3 cm³/mol. The number of benzene rings is 1. The van der Waals surface area contributed by atoms with E-state index in [0.29, 0.717) is 0 Å². The summed E-state index contributed by atoms with van der Waals surface area (Å²) in [7, 11) is -7.26. The van der Waals surface area contributed by atoms with Gasteiger partial charge < -0.3 is 0 Å². The van der Waals surface area contributed by atoms with Gasteiger partial charge in [0, 0.05) is 12.8 Å². The lowest BCUT2D eigenvalue weighted by molar-refractivity contribution is 0.558. The largest absolute Gasteiger partial charge is 0.243 e. The zero-order valence-corrected chi connectivity index (χ0v) is 10.7. The molecule has 0 saturated heterocycles. The van der Waals surface area contributed by atoms with Crippen molar-refractivity contribution in [2.45, 2.75) is 4.90 Å². The fraction of sp³-hybridized carbons (Fsp3) is 0.333. The maximum Gasteiger partial charge on any atom is 0.243 e. The Kier molecular flexibility index (Phi) is 4.23. The van der Waals surface area contributed by atoms with Crippen LogP contribution in [0.1, 0.15) is 0 Å². The highest BCUT2D eigenvalue weighted by Gasteiger charge is 2.18. The highest BCUT2D eigenvalue weighted by molar-refractivity contribution is 7.91. The van der Waals surface area contributed by atoms with Crippen molar-refractivity contribution in [2.75, 3.05) is 18.6 Å². The zero-order valence-electron chi connectivity index (χ0n) is 9.05. The van der Waals surface area contributed by atoms with E-state index < -0.39 is 30.6 Å². The highest BCUT2D eigenvalue weighted by atomic mass is 32.2. The van der Waals surface area contributed by atoms with Crippen LogP contribution in [0.3, 0.4) is 0 Å². The standard InChI is InChI=1S/C9H12FNO4S2/c1-16(12,13)7-6-11-17(14,15)9-5-3-2-4-8(9)10/h2-5,11H,6-7H2,1H3. The van der Waals surface area contributed by atoms with Crippen molar-refractivity contribution in [2.24, 2.45) is 0 Å². The minimum Gasteiger partial charge on any atom is -0.229 e. The maximum atomic E-state index is 13.2. The van der Waals surface area contributed by atoms with Crippen molar-refractivity contribution < 1.29 is 21.2 Å². The second kappa shape index (κ2) is 5.11. The summed E-state index contributed by atoms with van der Waals surface area (Å²) in [6, 6.07) is 4.88. The quantitative estimate of drug-likeness (QED) is 0.833. The summed E-state index contributed by atoms with van der Waals surface area (Å²) in [6.45, 7) is -0.282. The van der Waals surface area contributed by atoms with Crippen molar-refractivity contribution in [3.8, 4) is 0 Å². The lowest BCUT2D eigenvalue weighted by atomic mass is 10.4. The zero-order chi connectivity index (χ0) is 13.1. The maximum absolute atomic E-state index is 13.2. The molecule has 8 heteroatoms. The summed E-state index contributed by atoms with van der Waals surface area (Å²) in [4.78, 5) is -0.492. The lowest BCUT2D eigenvalue weighted by Gasteiger charge is -2.06. The van der Waals surface area contributed by atoms with Gasteiger partial charge in [-0.05, 0) is 12.1 Å². The Morgan fingerprint density at radius 3 is 2.29 bits per heavy atom. The Hall–Kier alpha value is -0.990. The van der Waals surface area contributed by atoms with E-state index in [0.717, 1.165) is 18.4 Å². The van der Waals surface area contributed by atoms with Crippen LogP contribution in [0, 0.1) is 5.82 Å². The van der Waals surface area contributed by atoms with Gasteiger partial charge in [0.1, 0.15) is 20.5 Å². The second-order valence-electron chi connectivity index (χ2n) is 3.46. The van der Waals surface area contributed by atoms with Gasteiger partial charge in [-0.2, -0.15) is 0 Å². The summed E-state index contributed by atoms with van der Waals surface area (Å²) < 4.78 is 60.0. The van der Waals surface area contributed by atoms with Crippen molar-refractivity contribution >= 4 is 19.9 Å². The number of sulfonamides is 1. The molecule has 1 aromatic rings. The molecule has 0 aromatic heterocycles. The lowest BCUT2D eigenvalue weighted by Crippen LogP contribution is -2.29. The molecule has 5 nitrogen and oxygen atoms in total. The fourth-order valence-electron chi connectivity index (χ4n) is 1.10.